The lowest BCUT2D eigenvalue weighted by Gasteiger charge is -2.18. The molecule has 1 aromatic heterocycles. The Kier molecular flexibility index (Phi) is 5.53. The van der Waals surface area contributed by atoms with Crippen molar-refractivity contribution in [2.24, 2.45) is 17.8 Å². The first-order chi connectivity index (χ1) is 13.5. The Bertz CT molecular complexity index is 824. The number of halogens is 2. The van der Waals surface area contributed by atoms with Gasteiger partial charge < -0.3 is 15.0 Å². The average Bonchev–Trinajstić information content (AvgIpc) is 3.27. The normalized spacial score (nSPS) is 24.8. The van der Waals surface area contributed by atoms with Crippen molar-refractivity contribution in [3.8, 4) is 5.75 Å². The van der Waals surface area contributed by atoms with Crippen molar-refractivity contribution in [1.29, 1.82) is 0 Å². The molecule has 2 aromatic rings. The zero-order valence-electron chi connectivity index (χ0n) is 16.1. The number of aromatic amines is 1. The molecule has 28 heavy (non-hydrogen) atoms. The van der Waals surface area contributed by atoms with Gasteiger partial charge in [0.1, 0.15) is 5.75 Å². The fourth-order valence-corrected chi connectivity index (χ4v) is 4.93. The van der Waals surface area contributed by atoms with Crippen LogP contribution in [0.2, 0.25) is 0 Å². The minimum absolute atomic E-state index is 0.0805. The summed E-state index contributed by atoms with van der Waals surface area (Å²) < 4.78 is 31.1. The number of carbonyl (C=O) groups is 1. The SMILES string of the molecule is CC(=O)Nc1c[nH]c2ccc(OCCC3C[C@@H]4CN(CC(F)F)C[C@@H]4C3)cc12. The van der Waals surface area contributed by atoms with Gasteiger partial charge >= 0.3 is 0 Å². The largest absolute Gasteiger partial charge is 0.494 e. The number of anilines is 1. The molecule has 2 N–H and O–H groups in total. The van der Waals surface area contributed by atoms with Gasteiger partial charge in [-0.15, -0.1) is 0 Å². The molecule has 1 aromatic carbocycles. The smallest absolute Gasteiger partial charge is 0.251 e. The van der Waals surface area contributed by atoms with Gasteiger partial charge in [-0.1, -0.05) is 0 Å². The first-order valence-corrected chi connectivity index (χ1v) is 10.00. The van der Waals surface area contributed by atoms with Gasteiger partial charge in [-0.25, -0.2) is 8.78 Å². The van der Waals surface area contributed by atoms with Crippen molar-refractivity contribution in [3.05, 3.63) is 24.4 Å². The number of rotatable bonds is 7. The molecule has 1 unspecified atom stereocenters. The van der Waals surface area contributed by atoms with Crippen LogP contribution in [-0.4, -0.2) is 48.5 Å². The lowest BCUT2D eigenvalue weighted by Crippen LogP contribution is -2.27. The van der Waals surface area contributed by atoms with Crippen molar-refractivity contribution < 1.29 is 18.3 Å². The summed E-state index contributed by atoms with van der Waals surface area (Å²) in [7, 11) is 0. The standard InChI is InChI=1S/C21H27F2N3O2/c1-13(27)25-20-9-24-19-3-2-17(8-18(19)20)28-5-4-14-6-15-10-26(12-21(22)23)11-16(15)7-14/h2-3,8-9,14-16,21,24H,4-7,10-12H2,1H3,(H,25,27)/t14?,15-,16+. The van der Waals surface area contributed by atoms with E-state index in [-0.39, 0.29) is 12.5 Å². The summed E-state index contributed by atoms with van der Waals surface area (Å²) in [5.74, 6) is 2.45. The van der Waals surface area contributed by atoms with Gasteiger partial charge in [0.2, 0.25) is 5.91 Å². The quantitative estimate of drug-likeness (QED) is 0.747. The number of aromatic nitrogens is 1. The maximum atomic E-state index is 12.6. The van der Waals surface area contributed by atoms with E-state index in [2.05, 4.69) is 10.3 Å². The zero-order chi connectivity index (χ0) is 19.7. The highest BCUT2D eigenvalue weighted by atomic mass is 19.3. The van der Waals surface area contributed by atoms with E-state index >= 15 is 0 Å². The zero-order valence-corrected chi connectivity index (χ0v) is 16.1. The van der Waals surface area contributed by atoms with Crippen molar-refractivity contribution in [1.82, 2.24) is 9.88 Å². The summed E-state index contributed by atoms with van der Waals surface area (Å²) >= 11 is 0. The van der Waals surface area contributed by atoms with Crippen LogP contribution in [0.5, 0.6) is 5.75 Å². The van der Waals surface area contributed by atoms with Gasteiger partial charge in [0.05, 0.1) is 18.8 Å². The van der Waals surface area contributed by atoms with Crippen LogP contribution in [0, 0.1) is 17.8 Å². The van der Waals surface area contributed by atoms with Crippen LogP contribution in [0.4, 0.5) is 14.5 Å². The lowest BCUT2D eigenvalue weighted by atomic mass is 10.0. The predicted octanol–water partition coefficient (Wildman–Crippen LogP) is 4.12. The number of nitrogens with one attached hydrogen (secondary N) is 2. The highest BCUT2D eigenvalue weighted by Gasteiger charge is 2.40. The van der Waals surface area contributed by atoms with Gasteiger partial charge in [-0.3, -0.25) is 9.69 Å². The predicted molar refractivity (Wildman–Crippen MR) is 105 cm³/mol. The van der Waals surface area contributed by atoms with Crippen molar-refractivity contribution in [2.75, 3.05) is 31.6 Å². The number of amides is 1. The number of ether oxygens (including phenoxy) is 1. The number of nitrogens with zero attached hydrogens (tertiary/aromatic N) is 1. The second-order valence-corrected chi connectivity index (χ2v) is 8.20. The summed E-state index contributed by atoms with van der Waals surface area (Å²) in [6.07, 6.45) is 2.79. The van der Waals surface area contributed by atoms with E-state index in [0.717, 1.165) is 54.7 Å². The minimum atomic E-state index is -2.23. The third-order valence-electron chi connectivity index (χ3n) is 6.08. The molecule has 3 atom stereocenters. The van der Waals surface area contributed by atoms with E-state index in [1.54, 1.807) is 6.20 Å². The molecular formula is C21H27F2N3O2. The average molecular weight is 391 g/mol. The number of carbonyl (C=O) groups excluding carboxylic acids is 1. The first kappa shape index (κ1) is 19.2. The topological polar surface area (TPSA) is 57.4 Å². The Balaban J connectivity index is 1.27. The number of H-pyrrole nitrogens is 1. The number of benzene rings is 1. The van der Waals surface area contributed by atoms with Crippen molar-refractivity contribution in [3.63, 3.8) is 0 Å². The molecule has 1 aliphatic carbocycles. The van der Waals surface area contributed by atoms with Crippen LogP contribution in [-0.2, 0) is 4.79 Å². The summed E-state index contributed by atoms with van der Waals surface area (Å²) in [6.45, 7) is 3.70. The molecule has 1 aliphatic heterocycles. The van der Waals surface area contributed by atoms with E-state index in [1.807, 2.05) is 23.1 Å². The minimum Gasteiger partial charge on any atom is -0.494 e. The summed E-state index contributed by atoms with van der Waals surface area (Å²) in [5, 5.41) is 3.75. The number of hydrogen-bond donors (Lipinski definition) is 2. The number of alkyl halides is 2. The van der Waals surface area contributed by atoms with E-state index in [4.69, 9.17) is 4.74 Å². The molecule has 5 nitrogen and oxygen atoms in total. The first-order valence-electron chi connectivity index (χ1n) is 10.00. The van der Waals surface area contributed by atoms with E-state index in [0.29, 0.717) is 24.4 Å². The Hall–Kier alpha value is -2.15. The van der Waals surface area contributed by atoms with Gasteiger partial charge in [0, 0.05) is 37.1 Å². The van der Waals surface area contributed by atoms with Crippen LogP contribution >= 0.6 is 0 Å². The van der Waals surface area contributed by atoms with Crippen molar-refractivity contribution in [2.45, 2.75) is 32.6 Å². The fraction of sp³-hybridized carbons (Fsp3) is 0.571. The van der Waals surface area contributed by atoms with Gasteiger partial charge in [0.25, 0.3) is 6.43 Å². The third kappa shape index (κ3) is 4.29. The summed E-state index contributed by atoms with van der Waals surface area (Å²) in [5.41, 5.74) is 1.71. The number of fused-ring (bicyclic) bond motifs is 2. The van der Waals surface area contributed by atoms with Gasteiger partial charge in [-0.05, 0) is 55.2 Å². The van der Waals surface area contributed by atoms with Crippen molar-refractivity contribution >= 4 is 22.5 Å². The molecule has 0 bridgehead atoms. The Morgan fingerprint density at radius 1 is 1.32 bits per heavy atom. The molecule has 1 amide bonds. The third-order valence-corrected chi connectivity index (χ3v) is 6.08. The van der Waals surface area contributed by atoms with Crippen LogP contribution in [0.15, 0.2) is 24.4 Å². The van der Waals surface area contributed by atoms with Crippen LogP contribution < -0.4 is 10.1 Å². The molecule has 7 heteroatoms. The fourth-order valence-electron chi connectivity index (χ4n) is 4.93. The molecule has 2 aliphatic rings. The van der Waals surface area contributed by atoms with Gasteiger partial charge in [0.15, 0.2) is 0 Å². The molecule has 152 valence electrons. The Labute approximate surface area is 163 Å². The van der Waals surface area contributed by atoms with Gasteiger partial charge in [-0.2, -0.15) is 0 Å². The maximum absolute atomic E-state index is 12.6. The summed E-state index contributed by atoms with van der Waals surface area (Å²) in [4.78, 5) is 16.4. The molecule has 0 radical (unpaired) electrons. The molecule has 2 fully saturated rings. The molecular weight excluding hydrogens is 364 g/mol. The van der Waals surface area contributed by atoms with Crippen LogP contribution in [0.3, 0.4) is 0 Å². The highest BCUT2D eigenvalue weighted by Crippen LogP contribution is 2.43. The molecule has 1 saturated carbocycles. The monoisotopic (exact) mass is 391 g/mol. The van der Waals surface area contributed by atoms with Crippen LogP contribution in [0.1, 0.15) is 26.2 Å². The molecule has 1 saturated heterocycles. The number of likely N-dealkylation sites (tertiary alicyclic amines) is 1. The maximum Gasteiger partial charge on any atom is 0.251 e. The Morgan fingerprint density at radius 3 is 2.75 bits per heavy atom. The Morgan fingerprint density at radius 2 is 2.07 bits per heavy atom. The molecule has 4 rings (SSSR count). The second kappa shape index (κ2) is 8.07. The summed E-state index contributed by atoms with van der Waals surface area (Å²) in [6, 6.07) is 5.83. The van der Waals surface area contributed by atoms with Crippen LogP contribution in [0.25, 0.3) is 10.9 Å². The highest BCUT2D eigenvalue weighted by molar-refractivity contribution is 6.01. The van der Waals surface area contributed by atoms with E-state index < -0.39 is 6.43 Å². The number of hydrogen-bond acceptors (Lipinski definition) is 3. The van der Waals surface area contributed by atoms with E-state index in [9.17, 15) is 13.6 Å². The molecule has 0 spiro atoms. The lowest BCUT2D eigenvalue weighted by molar-refractivity contribution is -0.114. The van der Waals surface area contributed by atoms with E-state index in [1.165, 1.54) is 6.92 Å². The second-order valence-electron chi connectivity index (χ2n) is 8.20. The molecule has 2 heterocycles.